The number of hydrogen-bond acceptors (Lipinski definition) is 6. The van der Waals surface area contributed by atoms with E-state index < -0.39 is 6.10 Å². The van der Waals surface area contributed by atoms with Crippen molar-refractivity contribution in [2.75, 3.05) is 13.2 Å². The summed E-state index contributed by atoms with van der Waals surface area (Å²) in [5.74, 6) is -1.07. The van der Waals surface area contributed by atoms with Crippen LogP contribution < -0.4 is 0 Å². The molecular weight excluding hydrogens is 829 g/mol. The van der Waals surface area contributed by atoms with Gasteiger partial charge in [0.05, 0.1) is 0 Å². The van der Waals surface area contributed by atoms with Gasteiger partial charge >= 0.3 is 17.9 Å². The summed E-state index contributed by atoms with van der Waals surface area (Å²) < 4.78 is 16.7. The molecule has 0 rings (SSSR count). The van der Waals surface area contributed by atoms with Gasteiger partial charge in [-0.05, 0) is 128 Å². The number of hydrogen-bond donors (Lipinski definition) is 0. The van der Waals surface area contributed by atoms with Gasteiger partial charge < -0.3 is 14.2 Å². The van der Waals surface area contributed by atoms with Crippen molar-refractivity contribution in [3.63, 3.8) is 0 Å². The van der Waals surface area contributed by atoms with Crippen LogP contribution in [0.15, 0.2) is 134 Å². The number of allylic oxidation sites excluding steroid dienone is 22. The van der Waals surface area contributed by atoms with E-state index >= 15 is 0 Å². The monoisotopic (exact) mass is 925 g/mol. The summed E-state index contributed by atoms with van der Waals surface area (Å²) in [7, 11) is 0. The molecule has 0 bridgehead atoms. The Kier molecular flexibility index (Phi) is 50.6. The molecule has 0 saturated carbocycles. The van der Waals surface area contributed by atoms with E-state index in [0.29, 0.717) is 12.8 Å². The molecule has 0 radical (unpaired) electrons. The second-order valence-corrected chi connectivity index (χ2v) is 17.0. The lowest BCUT2D eigenvalue weighted by atomic mass is 10.1. The minimum absolute atomic E-state index is 0.135. The summed E-state index contributed by atoms with van der Waals surface area (Å²) >= 11 is 0. The maximum Gasteiger partial charge on any atom is 0.306 e. The first-order chi connectivity index (χ1) is 33.0. The average molecular weight is 925 g/mol. The maximum absolute atomic E-state index is 12.8. The van der Waals surface area contributed by atoms with Crippen molar-refractivity contribution in [3.05, 3.63) is 134 Å². The molecule has 0 unspecified atom stereocenters. The predicted molar refractivity (Wildman–Crippen MR) is 288 cm³/mol. The normalized spacial score (nSPS) is 13.2. The Labute approximate surface area is 411 Å². The van der Waals surface area contributed by atoms with Crippen LogP contribution in [0.25, 0.3) is 0 Å². The molecule has 0 aromatic carbocycles. The van der Waals surface area contributed by atoms with Crippen molar-refractivity contribution in [1.82, 2.24) is 0 Å². The van der Waals surface area contributed by atoms with E-state index in [0.717, 1.165) is 109 Å². The Bertz CT molecular complexity index is 1480. The Morgan fingerprint density at radius 3 is 0.955 bits per heavy atom. The molecule has 6 nitrogen and oxygen atoms in total. The van der Waals surface area contributed by atoms with Crippen molar-refractivity contribution < 1.29 is 28.6 Å². The van der Waals surface area contributed by atoms with Crippen LogP contribution in [-0.2, 0) is 28.6 Å². The van der Waals surface area contributed by atoms with E-state index in [-0.39, 0.29) is 50.4 Å². The fourth-order valence-electron chi connectivity index (χ4n) is 6.62. The molecule has 0 aliphatic rings. The third-order valence-corrected chi connectivity index (χ3v) is 10.6. The summed E-state index contributed by atoms with van der Waals surface area (Å²) in [6.07, 6.45) is 75.8. The summed E-state index contributed by atoms with van der Waals surface area (Å²) in [5, 5.41) is 0. The van der Waals surface area contributed by atoms with E-state index in [1.165, 1.54) is 51.4 Å². The number of unbranched alkanes of at least 4 members (excludes halogenated alkanes) is 13. The van der Waals surface area contributed by atoms with Crippen LogP contribution >= 0.6 is 0 Å². The summed E-state index contributed by atoms with van der Waals surface area (Å²) in [6.45, 7) is 6.34. The number of carbonyl (C=O) groups is 3. The Morgan fingerprint density at radius 2 is 0.597 bits per heavy atom. The molecule has 376 valence electrons. The highest BCUT2D eigenvalue weighted by Gasteiger charge is 2.19. The second kappa shape index (κ2) is 54.2. The lowest BCUT2D eigenvalue weighted by Gasteiger charge is -2.18. The van der Waals surface area contributed by atoms with E-state index in [1.54, 1.807) is 0 Å². The van der Waals surface area contributed by atoms with Crippen LogP contribution in [0.4, 0.5) is 0 Å². The minimum Gasteiger partial charge on any atom is -0.462 e. The third-order valence-electron chi connectivity index (χ3n) is 10.6. The number of ether oxygens (including phenoxy) is 3. The zero-order chi connectivity index (χ0) is 48.6. The Morgan fingerprint density at radius 1 is 0.313 bits per heavy atom. The summed E-state index contributed by atoms with van der Waals surface area (Å²) in [4.78, 5) is 38.0. The highest BCUT2D eigenvalue weighted by Crippen LogP contribution is 2.11. The first-order valence-electron chi connectivity index (χ1n) is 26.7. The first-order valence-corrected chi connectivity index (χ1v) is 26.7. The lowest BCUT2D eigenvalue weighted by molar-refractivity contribution is -0.167. The zero-order valence-corrected chi connectivity index (χ0v) is 42.9. The number of rotatable bonds is 46. The first kappa shape index (κ1) is 62.5. The summed E-state index contributed by atoms with van der Waals surface area (Å²) in [6, 6.07) is 0. The topological polar surface area (TPSA) is 78.9 Å². The van der Waals surface area contributed by atoms with Gasteiger partial charge in [0.25, 0.3) is 0 Å². The van der Waals surface area contributed by atoms with Gasteiger partial charge in [0.1, 0.15) is 13.2 Å². The molecule has 67 heavy (non-hydrogen) atoms. The van der Waals surface area contributed by atoms with Crippen molar-refractivity contribution in [3.8, 4) is 0 Å². The molecule has 0 saturated heterocycles. The van der Waals surface area contributed by atoms with E-state index in [1.807, 2.05) is 0 Å². The molecule has 0 fully saturated rings. The standard InChI is InChI=1S/C61H96O6/c1-4-7-10-13-16-19-22-25-28-30-33-35-38-41-44-47-50-53-59(62)65-56-58(67-61(64)55-52-49-46-43-40-37-32-27-24-21-18-15-12-9-6-3)57-66-60(63)54-51-48-45-42-39-36-34-31-29-26-23-20-17-14-11-8-5-2/h7,10,16-21,25-29,32-36,41-42,44-45,58H,4-6,8-9,11-15,22-24,30-31,37-40,43,46-57H2,1-3H3/t58-/m0/s1. The third kappa shape index (κ3) is 52.4. The van der Waals surface area contributed by atoms with Crippen LogP contribution in [0.1, 0.15) is 213 Å². The molecule has 0 aliphatic heterocycles. The van der Waals surface area contributed by atoms with Gasteiger partial charge in [-0.2, -0.15) is 0 Å². The van der Waals surface area contributed by atoms with Gasteiger partial charge in [0, 0.05) is 19.3 Å². The predicted octanol–water partition coefficient (Wildman–Crippen LogP) is 17.9. The molecule has 1 atom stereocenters. The molecular formula is C61H96O6. The maximum atomic E-state index is 12.8. The molecule has 6 heteroatoms. The van der Waals surface area contributed by atoms with Crippen LogP contribution in [0, 0.1) is 0 Å². The largest absolute Gasteiger partial charge is 0.462 e. The van der Waals surface area contributed by atoms with Gasteiger partial charge in [0.2, 0.25) is 0 Å². The van der Waals surface area contributed by atoms with E-state index in [9.17, 15) is 14.4 Å². The smallest absolute Gasteiger partial charge is 0.306 e. The molecule has 0 aromatic heterocycles. The van der Waals surface area contributed by atoms with Crippen LogP contribution in [-0.4, -0.2) is 37.2 Å². The van der Waals surface area contributed by atoms with Gasteiger partial charge in [-0.25, -0.2) is 0 Å². The quantitative estimate of drug-likeness (QED) is 0.0262. The van der Waals surface area contributed by atoms with E-state index in [4.69, 9.17) is 14.2 Å². The molecule has 0 aromatic rings. The van der Waals surface area contributed by atoms with Gasteiger partial charge in [0.15, 0.2) is 6.10 Å². The molecule has 0 spiro atoms. The second-order valence-electron chi connectivity index (χ2n) is 17.0. The van der Waals surface area contributed by atoms with Crippen molar-refractivity contribution in [2.45, 2.75) is 219 Å². The van der Waals surface area contributed by atoms with E-state index in [2.05, 4.69) is 154 Å². The van der Waals surface area contributed by atoms with Gasteiger partial charge in [-0.3, -0.25) is 14.4 Å². The Hall–Kier alpha value is -4.45. The highest BCUT2D eigenvalue weighted by molar-refractivity contribution is 5.71. The zero-order valence-electron chi connectivity index (χ0n) is 42.9. The van der Waals surface area contributed by atoms with Crippen molar-refractivity contribution in [2.24, 2.45) is 0 Å². The SMILES string of the molecule is CCC=CCC=CCC=CCC=CCC=CCCCC(=O)OC[C@@H](COC(=O)CCCC=CCC=CCC=CCC=CCCCCC)OC(=O)CCCCCCCC=CCC=CCCCCC. The van der Waals surface area contributed by atoms with Gasteiger partial charge in [-0.1, -0.05) is 199 Å². The molecule has 0 N–H and O–H groups in total. The average Bonchev–Trinajstić information content (AvgIpc) is 3.33. The highest BCUT2D eigenvalue weighted by atomic mass is 16.6. The lowest BCUT2D eigenvalue weighted by Crippen LogP contribution is -2.30. The summed E-state index contributed by atoms with van der Waals surface area (Å²) in [5.41, 5.74) is 0. The van der Waals surface area contributed by atoms with Crippen LogP contribution in [0.3, 0.4) is 0 Å². The van der Waals surface area contributed by atoms with Crippen LogP contribution in [0.5, 0.6) is 0 Å². The molecule has 0 amide bonds. The molecule has 0 aliphatic carbocycles. The minimum atomic E-state index is -0.835. The number of carbonyl (C=O) groups excluding carboxylic acids is 3. The Balaban J connectivity index is 4.61. The fraction of sp³-hybridized carbons (Fsp3) is 0.590. The number of esters is 3. The molecule has 0 heterocycles. The van der Waals surface area contributed by atoms with Gasteiger partial charge in [-0.15, -0.1) is 0 Å². The van der Waals surface area contributed by atoms with Crippen LogP contribution in [0.2, 0.25) is 0 Å². The fourth-order valence-corrected chi connectivity index (χ4v) is 6.62. The van der Waals surface area contributed by atoms with Crippen molar-refractivity contribution >= 4 is 17.9 Å². The van der Waals surface area contributed by atoms with Crippen molar-refractivity contribution in [1.29, 1.82) is 0 Å².